The van der Waals surface area contributed by atoms with E-state index in [9.17, 15) is 14.0 Å². The third-order valence-corrected chi connectivity index (χ3v) is 7.36. The summed E-state index contributed by atoms with van der Waals surface area (Å²) in [5.74, 6) is -0.264. The number of halogens is 1. The molecule has 1 aliphatic heterocycles. The maximum atomic E-state index is 14.3. The first-order valence-electron chi connectivity index (χ1n) is 11.9. The van der Waals surface area contributed by atoms with Crippen molar-refractivity contribution in [1.82, 2.24) is 4.90 Å². The molecule has 1 fully saturated rings. The van der Waals surface area contributed by atoms with E-state index in [1.807, 2.05) is 60.7 Å². The molecule has 1 amide bonds. The molecule has 5 heteroatoms. The van der Waals surface area contributed by atoms with Gasteiger partial charge in [0.2, 0.25) is 0 Å². The van der Waals surface area contributed by atoms with Gasteiger partial charge < -0.3 is 9.64 Å². The average molecular weight is 458 g/mol. The largest absolute Gasteiger partial charge is 0.445 e. The highest BCUT2D eigenvalue weighted by Crippen LogP contribution is 2.48. The summed E-state index contributed by atoms with van der Waals surface area (Å²) in [7, 11) is 0. The molecule has 5 rings (SSSR count). The van der Waals surface area contributed by atoms with Gasteiger partial charge in [-0.2, -0.15) is 0 Å². The van der Waals surface area contributed by atoms with E-state index in [0.717, 1.165) is 35.1 Å². The fourth-order valence-electron chi connectivity index (χ4n) is 5.66. The number of ketones is 1. The molecule has 1 aliphatic carbocycles. The molecule has 0 N–H and O–H groups in total. The Kier molecular flexibility index (Phi) is 6.18. The number of carbonyl (C=O) groups is 2. The van der Waals surface area contributed by atoms with Crippen LogP contribution in [-0.4, -0.2) is 29.9 Å². The Bertz CT molecular complexity index is 1190. The molecule has 2 atom stereocenters. The van der Waals surface area contributed by atoms with E-state index in [1.54, 1.807) is 11.0 Å². The molecule has 0 bridgehead atoms. The first-order chi connectivity index (χ1) is 16.6. The molecule has 4 nitrogen and oxygen atoms in total. The molecule has 3 aromatic carbocycles. The minimum absolute atomic E-state index is 0.00104. The van der Waals surface area contributed by atoms with Gasteiger partial charge in [-0.25, -0.2) is 9.18 Å². The number of hydrogen-bond donors (Lipinski definition) is 0. The van der Waals surface area contributed by atoms with Gasteiger partial charge >= 0.3 is 6.09 Å². The average Bonchev–Trinajstić information content (AvgIpc) is 3.00. The van der Waals surface area contributed by atoms with Crippen LogP contribution in [0.5, 0.6) is 0 Å². The molecule has 0 saturated carbocycles. The Morgan fingerprint density at radius 2 is 1.76 bits per heavy atom. The third-order valence-electron chi connectivity index (χ3n) is 7.36. The molecular weight excluding hydrogens is 429 g/mol. The number of Topliss-reactive ketones (excluding diaryl/α,β-unsaturated/α-hetero) is 1. The van der Waals surface area contributed by atoms with E-state index in [1.165, 1.54) is 12.1 Å². The van der Waals surface area contributed by atoms with Gasteiger partial charge in [0.1, 0.15) is 12.4 Å². The van der Waals surface area contributed by atoms with Crippen molar-refractivity contribution in [2.24, 2.45) is 5.92 Å². The second-order valence-corrected chi connectivity index (χ2v) is 9.30. The maximum absolute atomic E-state index is 14.3. The van der Waals surface area contributed by atoms with Crippen molar-refractivity contribution in [2.45, 2.75) is 37.7 Å². The maximum Gasteiger partial charge on any atom is 0.410 e. The van der Waals surface area contributed by atoms with Crippen LogP contribution in [0.15, 0.2) is 78.9 Å². The molecule has 3 aromatic rings. The van der Waals surface area contributed by atoms with E-state index >= 15 is 0 Å². The highest BCUT2D eigenvalue weighted by atomic mass is 19.1. The summed E-state index contributed by atoms with van der Waals surface area (Å²) in [6.45, 7) is 1.34. The zero-order valence-electron chi connectivity index (χ0n) is 19.1. The second-order valence-electron chi connectivity index (χ2n) is 9.30. The summed E-state index contributed by atoms with van der Waals surface area (Å²) in [5.41, 5.74) is 2.62. The number of ether oxygens (including phenoxy) is 1. The molecule has 34 heavy (non-hydrogen) atoms. The Hall–Kier alpha value is -3.47. The minimum Gasteiger partial charge on any atom is -0.445 e. The Morgan fingerprint density at radius 1 is 0.971 bits per heavy atom. The van der Waals surface area contributed by atoms with Gasteiger partial charge in [0.05, 0.1) is 5.41 Å². The van der Waals surface area contributed by atoms with Crippen LogP contribution in [-0.2, 0) is 23.2 Å². The molecule has 1 saturated heterocycles. The van der Waals surface area contributed by atoms with Crippen molar-refractivity contribution < 1.29 is 18.7 Å². The number of carbonyl (C=O) groups excluding carboxylic acids is 2. The van der Waals surface area contributed by atoms with E-state index in [2.05, 4.69) is 0 Å². The van der Waals surface area contributed by atoms with Crippen LogP contribution < -0.4 is 0 Å². The van der Waals surface area contributed by atoms with Crippen LogP contribution in [0.4, 0.5) is 9.18 Å². The monoisotopic (exact) mass is 457 g/mol. The number of nitrogens with zero attached hydrogens (tertiary/aromatic N) is 1. The first kappa shape index (κ1) is 22.3. The predicted molar refractivity (Wildman–Crippen MR) is 128 cm³/mol. The van der Waals surface area contributed by atoms with Gasteiger partial charge in [-0.3, -0.25) is 4.79 Å². The van der Waals surface area contributed by atoms with Crippen molar-refractivity contribution in [1.29, 1.82) is 0 Å². The second kappa shape index (κ2) is 9.41. The highest BCUT2D eigenvalue weighted by Gasteiger charge is 2.52. The lowest BCUT2D eigenvalue weighted by molar-refractivity contribution is 0.0820. The van der Waals surface area contributed by atoms with Crippen LogP contribution in [0.3, 0.4) is 0 Å². The van der Waals surface area contributed by atoms with Gasteiger partial charge in [0.15, 0.2) is 5.78 Å². The molecular formula is C29H28FNO3. The fourth-order valence-corrected chi connectivity index (χ4v) is 5.66. The van der Waals surface area contributed by atoms with E-state index in [0.29, 0.717) is 25.9 Å². The SMILES string of the molecule is O=C(OCc1ccccc1)N1CCCC(C2(c3cccc(F)c3)Cc3ccccc3C2=O)CC1. The normalized spacial score (nSPS) is 22.2. The number of fused-ring (bicyclic) bond motifs is 1. The van der Waals surface area contributed by atoms with Crippen LogP contribution in [0, 0.1) is 11.7 Å². The number of rotatable bonds is 4. The number of amides is 1. The van der Waals surface area contributed by atoms with Crippen LogP contribution >= 0.6 is 0 Å². The molecule has 2 unspecified atom stereocenters. The van der Waals surface area contributed by atoms with Crippen LogP contribution in [0.1, 0.15) is 46.3 Å². The topological polar surface area (TPSA) is 46.6 Å². The molecule has 2 aliphatic rings. The van der Waals surface area contributed by atoms with Gasteiger partial charge in [0.25, 0.3) is 0 Å². The Morgan fingerprint density at radius 3 is 2.56 bits per heavy atom. The molecule has 0 spiro atoms. The molecule has 1 heterocycles. The van der Waals surface area contributed by atoms with E-state index in [-0.39, 0.29) is 30.2 Å². The van der Waals surface area contributed by atoms with Crippen molar-refractivity contribution in [3.8, 4) is 0 Å². The fraction of sp³-hybridized carbons (Fsp3) is 0.310. The van der Waals surface area contributed by atoms with Gasteiger partial charge in [-0.05, 0) is 60.4 Å². The lowest BCUT2D eigenvalue weighted by atomic mass is 9.65. The number of likely N-dealkylation sites (tertiary alicyclic amines) is 1. The van der Waals surface area contributed by atoms with Crippen molar-refractivity contribution >= 4 is 11.9 Å². The summed E-state index contributed by atoms with van der Waals surface area (Å²) in [6.07, 6.45) is 2.46. The lowest BCUT2D eigenvalue weighted by Gasteiger charge is -2.36. The summed E-state index contributed by atoms with van der Waals surface area (Å²) in [6, 6.07) is 23.8. The lowest BCUT2D eigenvalue weighted by Crippen LogP contribution is -2.42. The Labute approximate surface area is 199 Å². The standard InChI is InChI=1S/C29H28FNO3/c30-25-13-6-11-24(18-25)29(19-22-10-4-5-14-26(22)27(29)32)23-12-7-16-31(17-15-23)28(33)34-20-21-8-2-1-3-9-21/h1-6,8-11,13-14,18,23H,7,12,15-17,19-20H2. The smallest absolute Gasteiger partial charge is 0.410 e. The first-order valence-corrected chi connectivity index (χ1v) is 11.9. The van der Waals surface area contributed by atoms with Gasteiger partial charge in [-0.1, -0.05) is 66.7 Å². The quantitative estimate of drug-likeness (QED) is 0.487. The summed E-state index contributed by atoms with van der Waals surface area (Å²) in [4.78, 5) is 28.4. The molecule has 0 radical (unpaired) electrons. The summed E-state index contributed by atoms with van der Waals surface area (Å²) in [5, 5.41) is 0. The summed E-state index contributed by atoms with van der Waals surface area (Å²) < 4.78 is 19.9. The van der Waals surface area contributed by atoms with Crippen molar-refractivity contribution in [3.63, 3.8) is 0 Å². The number of benzene rings is 3. The van der Waals surface area contributed by atoms with Crippen LogP contribution in [0.25, 0.3) is 0 Å². The van der Waals surface area contributed by atoms with Crippen molar-refractivity contribution in [2.75, 3.05) is 13.1 Å². The Balaban J connectivity index is 1.37. The molecule has 0 aromatic heterocycles. The van der Waals surface area contributed by atoms with E-state index < -0.39 is 5.41 Å². The van der Waals surface area contributed by atoms with Gasteiger partial charge in [0, 0.05) is 18.7 Å². The zero-order valence-corrected chi connectivity index (χ0v) is 19.1. The van der Waals surface area contributed by atoms with E-state index in [4.69, 9.17) is 4.74 Å². The van der Waals surface area contributed by atoms with Crippen LogP contribution in [0.2, 0.25) is 0 Å². The predicted octanol–water partition coefficient (Wildman–Crippen LogP) is 5.94. The summed E-state index contributed by atoms with van der Waals surface area (Å²) >= 11 is 0. The molecule has 174 valence electrons. The minimum atomic E-state index is -0.810. The van der Waals surface area contributed by atoms with Crippen molar-refractivity contribution in [3.05, 3.63) is 107 Å². The number of hydrogen-bond acceptors (Lipinski definition) is 3. The third kappa shape index (κ3) is 4.11. The highest BCUT2D eigenvalue weighted by molar-refractivity contribution is 6.08. The zero-order chi connectivity index (χ0) is 23.5. The van der Waals surface area contributed by atoms with Gasteiger partial charge in [-0.15, -0.1) is 0 Å².